The Hall–Kier alpha value is -1.45. The van der Waals surface area contributed by atoms with Crippen LogP contribution in [0.25, 0.3) is 0 Å². The van der Waals surface area contributed by atoms with E-state index in [-0.39, 0.29) is 24.4 Å². The van der Waals surface area contributed by atoms with E-state index in [1.807, 2.05) is 0 Å². The molecule has 2 rings (SSSR count). The fraction of sp³-hybridized carbons (Fsp3) is 0.636. The summed E-state index contributed by atoms with van der Waals surface area (Å²) in [6.45, 7) is 0.485. The highest BCUT2D eigenvalue weighted by atomic mass is 32.2. The van der Waals surface area contributed by atoms with E-state index in [9.17, 15) is 18.3 Å². The molecule has 1 fully saturated rings. The molecule has 8 nitrogen and oxygen atoms in total. The van der Waals surface area contributed by atoms with E-state index in [4.69, 9.17) is 4.74 Å². The van der Waals surface area contributed by atoms with Crippen molar-refractivity contribution < 1.29 is 23.1 Å². The van der Waals surface area contributed by atoms with Gasteiger partial charge in [0.1, 0.15) is 0 Å². The van der Waals surface area contributed by atoms with E-state index < -0.39 is 21.4 Å². The number of carboxylic acids is 1. The van der Waals surface area contributed by atoms with Crippen molar-refractivity contribution in [3.63, 3.8) is 0 Å². The number of aromatic nitrogens is 2. The van der Waals surface area contributed by atoms with Gasteiger partial charge < -0.3 is 9.84 Å². The average Bonchev–Trinajstić information content (AvgIpc) is 2.85. The monoisotopic (exact) mass is 303 g/mol. The Bertz CT molecular complexity index is 589. The fourth-order valence-corrected chi connectivity index (χ4v) is 3.41. The minimum Gasteiger partial charge on any atom is -0.481 e. The van der Waals surface area contributed by atoms with Crippen molar-refractivity contribution in [1.82, 2.24) is 14.5 Å². The maximum absolute atomic E-state index is 12.1. The van der Waals surface area contributed by atoms with E-state index in [0.29, 0.717) is 13.2 Å². The van der Waals surface area contributed by atoms with Crippen LogP contribution >= 0.6 is 0 Å². The highest BCUT2D eigenvalue weighted by Crippen LogP contribution is 2.30. The smallest absolute Gasteiger partial charge is 0.311 e. The summed E-state index contributed by atoms with van der Waals surface area (Å²) in [6, 6.07) is 1.36. The van der Waals surface area contributed by atoms with E-state index >= 15 is 0 Å². The van der Waals surface area contributed by atoms with Gasteiger partial charge in [0.15, 0.2) is 5.03 Å². The van der Waals surface area contributed by atoms with Crippen LogP contribution in [0.15, 0.2) is 17.3 Å². The standard InChI is InChI=1S/C11H17N3O5S/c1-14-9(2-5-12-14)20(17,18)13-8-11(10(15)16)3-6-19-7-4-11/h2,5,13H,3-4,6-8H2,1H3,(H,15,16). The van der Waals surface area contributed by atoms with Gasteiger partial charge in [-0.2, -0.15) is 5.10 Å². The maximum Gasteiger partial charge on any atom is 0.311 e. The minimum atomic E-state index is -3.77. The van der Waals surface area contributed by atoms with Crippen molar-refractivity contribution in [2.75, 3.05) is 19.8 Å². The van der Waals surface area contributed by atoms with E-state index in [2.05, 4.69) is 9.82 Å². The molecular formula is C11H17N3O5S. The Kier molecular flexibility index (Phi) is 4.11. The molecular weight excluding hydrogens is 286 g/mol. The van der Waals surface area contributed by atoms with Crippen LogP contribution in [0.3, 0.4) is 0 Å². The molecule has 1 aliphatic rings. The molecule has 1 saturated heterocycles. The topological polar surface area (TPSA) is 111 Å². The second-order valence-corrected chi connectivity index (χ2v) is 6.53. The normalized spacial score (nSPS) is 18.9. The van der Waals surface area contributed by atoms with Gasteiger partial charge in [-0.3, -0.25) is 9.48 Å². The average molecular weight is 303 g/mol. The van der Waals surface area contributed by atoms with Crippen LogP contribution < -0.4 is 4.72 Å². The number of ether oxygens (including phenoxy) is 1. The number of sulfonamides is 1. The summed E-state index contributed by atoms with van der Waals surface area (Å²) in [5.41, 5.74) is -1.11. The van der Waals surface area contributed by atoms with Crippen LogP contribution in [0.2, 0.25) is 0 Å². The molecule has 0 saturated carbocycles. The van der Waals surface area contributed by atoms with Crippen molar-refractivity contribution in [1.29, 1.82) is 0 Å². The number of carbonyl (C=O) groups is 1. The summed E-state index contributed by atoms with van der Waals surface area (Å²) in [5.74, 6) is -1.01. The van der Waals surface area contributed by atoms with Gasteiger partial charge in [-0.15, -0.1) is 0 Å². The van der Waals surface area contributed by atoms with Crippen LogP contribution in [0.4, 0.5) is 0 Å². The van der Waals surface area contributed by atoms with Crippen LogP contribution in [0.1, 0.15) is 12.8 Å². The summed E-state index contributed by atoms with van der Waals surface area (Å²) < 4.78 is 33.0. The minimum absolute atomic E-state index is 0.00472. The molecule has 0 bridgehead atoms. The summed E-state index contributed by atoms with van der Waals surface area (Å²) in [6.07, 6.45) is 1.95. The largest absolute Gasteiger partial charge is 0.481 e. The first-order chi connectivity index (χ1) is 9.37. The predicted octanol–water partition coefficient (Wildman–Crippen LogP) is -0.420. The lowest BCUT2D eigenvalue weighted by atomic mass is 9.80. The summed E-state index contributed by atoms with van der Waals surface area (Å²) in [4.78, 5) is 11.4. The molecule has 0 aromatic carbocycles. The first-order valence-electron chi connectivity index (χ1n) is 6.16. The highest BCUT2D eigenvalue weighted by molar-refractivity contribution is 7.89. The number of carboxylic acid groups (broad SMARTS) is 1. The molecule has 0 spiro atoms. The van der Waals surface area contributed by atoms with Crippen molar-refractivity contribution in [2.24, 2.45) is 12.5 Å². The molecule has 2 heterocycles. The van der Waals surface area contributed by atoms with Gasteiger partial charge in [0.25, 0.3) is 10.0 Å². The van der Waals surface area contributed by atoms with Gasteiger partial charge in [0, 0.05) is 26.8 Å². The van der Waals surface area contributed by atoms with Crippen molar-refractivity contribution in [2.45, 2.75) is 17.9 Å². The van der Waals surface area contributed by atoms with Crippen molar-refractivity contribution in [3.05, 3.63) is 12.3 Å². The van der Waals surface area contributed by atoms with Gasteiger partial charge >= 0.3 is 5.97 Å². The quantitative estimate of drug-likeness (QED) is 0.764. The lowest BCUT2D eigenvalue weighted by Gasteiger charge is -2.32. The molecule has 1 aromatic heterocycles. The number of hydrogen-bond donors (Lipinski definition) is 2. The Morgan fingerprint density at radius 3 is 2.70 bits per heavy atom. The first kappa shape index (κ1) is 14.9. The molecule has 9 heteroatoms. The van der Waals surface area contributed by atoms with Crippen molar-refractivity contribution >= 4 is 16.0 Å². The maximum atomic E-state index is 12.1. The van der Waals surface area contributed by atoms with Crippen molar-refractivity contribution in [3.8, 4) is 0 Å². The van der Waals surface area contributed by atoms with Gasteiger partial charge in [0.2, 0.25) is 0 Å². The van der Waals surface area contributed by atoms with Gasteiger partial charge in [-0.05, 0) is 18.9 Å². The second kappa shape index (κ2) is 5.51. The number of hydrogen-bond acceptors (Lipinski definition) is 5. The van der Waals surface area contributed by atoms with Crippen LogP contribution in [0, 0.1) is 5.41 Å². The van der Waals surface area contributed by atoms with Gasteiger partial charge in [-0.25, -0.2) is 13.1 Å². The number of aryl methyl sites for hydroxylation is 1. The SMILES string of the molecule is Cn1nccc1S(=O)(=O)NCC1(C(=O)O)CCOCC1. The summed E-state index contributed by atoms with van der Waals surface area (Å²) >= 11 is 0. The number of nitrogens with zero attached hydrogens (tertiary/aromatic N) is 2. The number of rotatable bonds is 5. The molecule has 0 amide bonds. The van der Waals surface area contributed by atoms with E-state index in [1.54, 1.807) is 0 Å². The lowest BCUT2D eigenvalue weighted by molar-refractivity contribution is -0.154. The fourth-order valence-electron chi connectivity index (χ4n) is 2.16. The molecule has 1 aromatic rings. The third-order valence-corrected chi connectivity index (χ3v) is 5.03. The molecule has 0 atom stereocenters. The molecule has 0 aliphatic carbocycles. The Morgan fingerprint density at radius 1 is 1.55 bits per heavy atom. The molecule has 1 aliphatic heterocycles. The number of nitrogens with one attached hydrogen (secondary N) is 1. The van der Waals surface area contributed by atoms with Crippen LogP contribution in [-0.2, 0) is 26.6 Å². The summed E-state index contributed by atoms with van der Waals surface area (Å²) in [7, 11) is -2.26. The predicted molar refractivity (Wildman–Crippen MR) is 68.5 cm³/mol. The Balaban J connectivity index is 2.14. The second-order valence-electron chi connectivity index (χ2n) is 4.82. The van der Waals surface area contributed by atoms with Crippen LogP contribution in [0.5, 0.6) is 0 Å². The Morgan fingerprint density at radius 2 is 2.20 bits per heavy atom. The van der Waals surface area contributed by atoms with Crippen LogP contribution in [-0.4, -0.2) is 49.0 Å². The zero-order valence-electron chi connectivity index (χ0n) is 11.1. The third-order valence-electron chi connectivity index (χ3n) is 3.56. The van der Waals surface area contributed by atoms with Gasteiger partial charge in [0.05, 0.1) is 11.6 Å². The van der Waals surface area contributed by atoms with E-state index in [0.717, 1.165) is 0 Å². The van der Waals surface area contributed by atoms with Gasteiger partial charge in [-0.1, -0.05) is 0 Å². The zero-order valence-corrected chi connectivity index (χ0v) is 11.9. The zero-order chi connectivity index (χ0) is 14.8. The first-order valence-corrected chi connectivity index (χ1v) is 7.65. The third kappa shape index (κ3) is 2.84. The van der Waals surface area contributed by atoms with E-state index in [1.165, 1.54) is 24.0 Å². The Labute approximate surface area is 116 Å². The molecule has 0 unspecified atom stereocenters. The summed E-state index contributed by atoms with van der Waals surface area (Å²) in [5, 5.41) is 13.2. The highest BCUT2D eigenvalue weighted by Gasteiger charge is 2.41. The molecule has 20 heavy (non-hydrogen) atoms. The number of aliphatic carboxylic acids is 1. The lowest BCUT2D eigenvalue weighted by Crippen LogP contribution is -2.46. The molecule has 112 valence electrons. The molecule has 2 N–H and O–H groups in total. The molecule has 0 radical (unpaired) electrons.